The number of methoxy groups -OCH3 is 1. The van der Waals surface area contributed by atoms with Gasteiger partial charge in [0.05, 0.1) is 13.7 Å². The zero-order valence-corrected chi connectivity index (χ0v) is 18.5. The van der Waals surface area contributed by atoms with Crippen molar-refractivity contribution in [3.8, 4) is 0 Å². The molecule has 2 rings (SSSR count). The van der Waals surface area contributed by atoms with E-state index in [0.29, 0.717) is 10.5 Å². The summed E-state index contributed by atoms with van der Waals surface area (Å²) in [6.45, 7) is 9.89. The summed E-state index contributed by atoms with van der Waals surface area (Å²) >= 11 is 0. The van der Waals surface area contributed by atoms with Crippen LogP contribution in [0.15, 0.2) is 30.6 Å². The van der Waals surface area contributed by atoms with Gasteiger partial charge in [-0.3, -0.25) is 0 Å². The molecule has 0 aliphatic rings. The number of imide groups is 1. The summed E-state index contributed by atoms with van der Waals surface area (Å²) in [6, 6.07) is 4.16. The summed E-state index contributed by atoms with van der Waals surface area (Å²) in [5.74, 6) is -0.788. The van der Waals surface area contributed by atoms with Crippen molar-refractivity contribution < 1.29 is 28.6 Å². The molecule has 0 aliphatic heterocycles. The summed E-state index contributed by atoms with van der Waals surface area (Å²) in [5, 5.41) is 0.849. The second kappa shape index (κ2) is 8.73. The van der Waals surface area contributed by atoms with Gasteiger partial charge >= 0.3 is 18.2 Å². The Morgan fingerprint density at radius 1 is 1.03 bits per heavy atom. The van der Waals surface area contributed by atoms with Gasteiger partial charge < -0.3 is 18.8 Å². The lowest BCUT2D eigenvalue weighted by Crippen LogP contribution is -2.53. The van der Waals surface area contributed by atoms with Crippen LogP contribution in [-0.2, 0) is 25.5 Å². The van der Waals surface area contributed by atoms with Gasteiger partial charge in [0, 0.05) is 17.8 Å². The van der Waals surface area contributed by atoms with Crippen LogP contribution in [0.2, 0.25) is 0 Å². The quantitative estimate of drug-likeness (QED) is 0.549. The molecule has 0 bridgehead atoms. The van der Waals surface area contributed by atoms with Crippen molar-refractivity contribution in [2.24, 2.45) is 0 Å². The van der Waals surface area contributed by atoms with Crippen molar-refractivity contribution in [3.05, 3.63) is 30.6 Å². The summed E-state index contributed by atoms with van der Waals surface area (Å²) in [4.78, 5) is 43.4. The minimum Gasteiger partial charge on any atom is -0.467 e. The Labute approximate surface area is 175 Å². The first-order valence-electron chi connectivity index (χ1n) is 9.55. The number of fused-ring (bicyclic) bond motifs is 1. The molecular weight excluding hydrogens is 390 g/mol. The fraction of sp³-hybridized carbons (Fsp3) is 0.524. The van der Waals surface area contributed by atoms with Crippen molar-refractivity contribution in [3.63, 3.8) is 0 Å². The van der Waals surface area contributed by atoms with Crippen LogP contribution in [0.4, 0.5) is 9.59 Å². The van der Waals surface area contributed by atoms with Crippen molar-refractivity contribution in [2.45, 2.75) is 65.3 Å². The molecule has 2 aromatic heterocycles. The molecule has 0 aliphatic carbocycles. The Balaban J connectivity index is 2.48. The van der Waals surface area contributed by atoms with E-state index in [4.69, 9.17) is 14.2 Å². The van der Waals surface area contributed by atoms with E-state index in [2.05, 4.69) is 4.98 Å². The fourth-order valence-corrected chi connectivity index (χ4v) is 2.70. The molecule has 1 unspecified atom stereocenters. The highest BCUT2D eigenvalue weighted by molar-refractivity contribution is 5.94. The minimum absolute atomic E-state index is 0.0777. The predicted octanol–water partition coefficient (Wildman–Crippen LogP) is 3.75. The third kappa shape index (κ3) is 5.95. The number of carbonyl (C=O) groups excluding carboxylic acids is 3. The number of nitrogens with zero attached hydrogens (tertiary/aromatic N) is 3. The Morgan fingerprint density at radius 2 is 1.60 bits per heavy atom. The number of hydrogen-bond acceptors (Lipinski definition) is 7. The van der Waals surface area contributed by atoms with E-state index < -0.39 is 35.4 Å². The third-order valence-electron chi connectivity index (χ3n) is 3.86. The van der Waals surface area contributed by atoms with Gasteiger partial charge in [0.1, 0.15) is 16.8 Å². The zero-order chi connectivity index (χ0) is 22.7. The zero-order valence-electron chi connectivity index (χ0n) is 18.5. The second-order valence-corrected chi connectivity index (χ2v) is 8.75. The number of esters is 1. The summed E-state index contributed by atoms with van der Waals surface area (Å²) in [7, 11) is 1.18. The summed E-state index contributed by atoms with van der Waals surface area (Å²) in [6.07, 6.45) is 1.33. The topological polar surface area (TPSA) is 100.0 Å². The van der Waals surface area contributed by atoms with Gasteiger partial charge in [-0.15, -0.1) is 0 Å². The first kappa shape index (κ1) is 23.2. The molecule has 0 saturated heterocycles. The Bertz CT molecular complexity index is 895. The molecular formula is C21H29N3O6. The lowest BCUT2D eigenvalue weighted by molar-refractivity contribution is -0.147. The number of ether oxygens (including phenoxy) is 3. The van der Waals surface area contributed by atoms with Crippen LogP contribution in [-0.4, -0.2) is 57.0 Å². The van der Waals surface area contributed by atoms with Crippen molar-refractivity contribution in [1.29, 1.82) is 0 Å². The molecule has 0 saturated carbocycles. The fourth-order valence-electron chi connectivity index (χ4n) is 2.70. The van der Waals surface area contributed by atoms with Crippen LogP contribution in [0, 0.1) is 0 Å². The number of pyridine rings is 1. The van der Waals surface area contributed by atoms with Crippen LogP contribution in [0.5, 0.6) is 0 Å². The van der Waals surface area contributed by atoms with Gasteiger partial charge in [0.15, 0.2) is 6.04 Å². The highest BCUT2D eigenvalue weighted by Gasteiger charge is 2.41. The Hall–Kier alpha value is -3.10. The molecule has 30 heavy (non-hydrogen) atoms. The minimum atomic E-state index is -1.32. The summed E-state index contributed by atoms with van der Waals surface area (Å²) in [5.41, 5.74) is -1.18. The lowest BCUT2D eigenvalue weighted by Gasteiger charge is -2.32. The Kier molecular flexibility index (Phi) is 6.74. The van der Waals surface area contributed by atoms with E-state index >= 15 is 0 Å². The normalized spacial score (nSPS) is 12.9. The van der Waals surface area contributed by atoms with Gasteiger partial charge in [-0.2, -0.15) is 4.90 Å². The van der Waals surface area contributed by atoms with Gasteiger partial charge in [0.25, 0.3) is 0 Å². The maximum atomic E-state index is 12.9. The number of carbonyl (C=O) groups is 3. The smallest absolute Gasteiger partial charge is 0.420 e. The first-order chi connectivity index (χ1) is 13.8. The number of hydrogen-bond donors (Lipinski definition) is 0. The molecule has 1 atom stereocenters. The average Bonchev–Trinajstić information content (AvgIpc) is 3.00. The predicted molar refractivity (Wildman–Crippen MR) is 110 cm³/mol. The van der Waals surface area contributed by atoms with Gasteiger partial charge in [0.2, 0.25) is 0 Å². The highest BCUT2D eigenvalue weighted by Crippen LogP contribution is 2.20. The maximum Gasteiger partial charge on any atom is 0.420 e. The number of amides is 2. The molecule has 9 heteroatoms. The highest BCUT2D eigenvalue weighted by atomic mass is 16.6. The van der Waals surface area contributed by atoms with Crippen LogP contribution in [0.25, 0.3) is 11.0 Å². The van der Waals surface area contributed by atoms with E-state index in [1.807, 2.05) is 12.1 Å². The SMILES string of the molecule is COC(=O)C(Cn1ccc2cccnc21)N(C(=O)OC(C)(C)C)C(=O)OC(C)(C)C. The van der Waals surface area contributed by atoms with E-state index in [1.54, 1.807) is 64.6 Å². The van der Waals surface area contributed by atoms with Crippen molar-refractivity contribution in [2.75, 3.05) is 7.11 Å². The van der Waals surface area contributed by atoms with Crippen LogP contribution in [0.1, 0.15) is 41.5 Å². The molecule has 164 valence electrons. The molecule has 0 radical (unpaired) electrons. The molecule has 2 aromatic rings. The van der Waals surface area contributed by atoms with Crippen LogP contribution >= 0.6 is 0 Å². The molecule has 9 nitrogen and oxygen atoms in total. The maximum absolute atomic E-state index is 12.9. The monoisotopic (exact) mass is 419 g/mol. The molecule has 0 aromatic carbocycles. The van der Waals surface area contributed by atoms with E-state index in [1.165, 1.54) is 7.11 Å². The van der Waals surface area contributed by atoms with Gasteiger partial charge in [-0.05, 0) is 59.7 Å². The van der Waals surface area contributed by atoms with Crippen molar-refractivity contribution in [1.82, 2.24) is 14.5 Å². The molecule has 2 heterocycles. The molecule has 2 amide bonds. The van der Waals surface area contributed by atoms with Crippen LogP contribution in [0.3, 0.4) is 0 Å². The molecule has 0 spiro atoms. The van der Waals surface area contributed by atoms with E-state index in [9.17, 15) is 14.4 Å². The van der Waals surface area contributed by atoms with E-state index in [-0.39, 0.29) is 6.54 Å². The van der Waals surface area contributed by atoms with Crippen LogP contribution < -0.4 is 0 Å². The first-order valence-corrected chi connectivity index (χ1v) is 9.55. The third-order valence-corrected chi connectivity index (χ3v) is 3.86. The summed E-state index contributed by atoms with van der Waals surface area (Å²) < 4.78 is 17.3. The number of rotatable bonds is 4. The Morgan fingerprint density at radius 3 is 2.10 bits per heavy atom. The van der Waals surface area contributed by atoms with Gasteiger partial charge in [-0.1, -0.05) is 0 Å². The largest absolute Gasteiger partial charge is 0.467 e. The van der Waals surface area contributed by atoms with Gasteiger partial charge in [-0.25, -0.2) is 19.4 Å². The molecule has 0 N–H and O–H groups in total. The molecule has 0 fully saturated rings. The van der Waals surface area contributed by atoms with Crippen molar-refractivity contribution >= 4 is 29.2 Å². The second-order valence-electron chi connectivity index (χ2n) is 8.75. The van der Waals surface area contributed by atoms with E-state index in [0.717, 1.165) is 5.39 Å². The average molecular weight is 419 g/mol. The standard InChI is InChI=1S/C21H29N3O6/c1-20(2,3)29-18(26)24(19(27)30-21(4,5)6)15(17(25)28-7)13-23-12-10-14-9-8-11-22-16(14)23/h8-12,15H,13H2,1-7H3. The number of aromatic nitrogens is 2. The lowest BCUT2D eigenvalue weighted by atomic mass is 10.2.